The van der Waals surface area contributed by atoms with Gasteiger partial charge in [-0.3, -0.25) is 9.59 Å². The SMILES string of the molecule is Cc1cc(CCC(=O)OC(C)(C)CCOC(C)(C)C(=O)CCc2cc(C)c(O)c(C(C)(C)C)c2)cc(C(C)(C)C)c1O. The van der Waals surface area contributed by atoms with Crippen LogP contribution in [0.25, 0.3) is 0 Å². The minimum absolute atomic E-state index is 0.000782. The molecule has 42 heavy (non-hydrogen) atoms. The largest absolute Gasteiger partial charge is 0.507 e. The lowest BCUT2D eigenvalue weighted by Gasteiger charge is -2.29. The Morgan fingerprint density at radius 2 is 1.12 bits per heavy atom. The number of esters is 1. The maximum atomic E-state index is 13.1. The van der Waals surface area contributed by atoms with Crippen molar-refractivity contribution in [2.75, 3.05) is 6.61 Å². The van der Waals surface area contributed by atoms with Crippen LogP contribution in [-0.2, 0) is 42.7 Å². The van der Waals surface area contributed by atoms with Gasteiger partial charge in [-0.25, -0.2) is 0 Å². The Kier molecular flexibility index (Phi) is 11.1. The molecule has 6 nitrogen and oxygen atoms in total. The molecule has 0 aliphatic heterocycles. The molecule has 0 aromatic heterocycles. The second-order valence-corrected chi connectivity index (χ2v) is 14.9. The van der Waals surface area contributed by atoms with Crippen LogP contribution in [-0.4, -0.2) is 39.8 Å². The number of aromatic hydroxyl groups is 2. The molecule has 0 saturated heterocycles. The summed E-state index contributed by atoms with van der Waals surface area (Å²) in [4.78, 5) is 25.8. The van der Waals surface area contributed by atoms with E-state index in [2.05, 4.69) is 41.5 Å². The number of phenols is 2. The zero-order valence-corrected chi connectivity index (χ0v) is 28.1. The summed E-state index contributed by atoms with van der Waals surface area (Å²) < 4.78 is 11.8. The molecule has 0 fully saturated rings. The van der Waals surface area contributed by atoms with Crippen molar-refractivity contribution in [3.63, 3.8) is 0 Å². The van der Waals surface area contributed by atoms with Crippen LogP contribution in [0.1, 0.15) is 122 Å². The molecule has 6 heteroatoms. The van der Waals surface area contributed by atoms with Crippen LogP contribution in [0.4, 0.5) is 0 Å². The van der Waals surface area contributed by atoms with Gasteiger partial charge in [0.15, 0.2) is 5.78 Å². The Balaban J connectivity index is 1.89. The lowest BCUT2D eigenvalue weighted by atomic mass is 9.83. The van der Waals surface area contributed by atoms with E-state index < -0.39 is 11.2 Å². The highest BCUT2D eigenvalue weighted by Gasteiger charge is 2.30. The number of hydrogen-bond acceptors (Lipinski definition) is 6. The predicted octanol–water partition coefficient (Wildman–Crippen LogP) is 7.95. The fourth-order valence-electron chi connectivity index (χ4n) is 4.99. The van der Waals surface area contributed by atoms with E-state index in [1.54, 1.807) is 13.8 Å². The lowest BCUT2D eigenvalue weighted by molar-refractivity contribution is -0.160. The predicted molar refractivity (Wildman–Crippen MR) is 170 cm³/mol. The molecule has 0 heterocycles. The van der Waals surface area contributed by atoms with E-state index in [4.69, 9.17) is 9.47 Å². The molecule has 0 spiro atoms. The van der Waals surface area contributed by atoms with Crippen LogP contribution in [0, 0.1) is 13.8 Å². The van der Waals surface area contributed by atoms with Crippen molar-refractivity contribution in [1.82, 2.24) is 0 Å². The number of rotatable bonds is 12. The standard InChI is InChI=1S/C36H54O6/c1-23-19-25(21-27(31(23)39)33(3,4)5)13-15-29(37)36(11,12)41-18-17-35(9,10)42-30(38)16-14-26-20-24(2)32(40)28(22-26)34(6,7)8/h19-22,39-40H,13-18H2,1-12H3. The van der Waals surface area contributed by atoms with Crippen LogP contribution in [0.2, 0.25) is 0 Å². The van der Waals surface area contributed by atoms with E-state index in [9.17, 15) is 19.8 Å². The Morgan fingerprint density at radius 3 is 1.55 bits per heavy atom. The number of aryl methyl sites for hydroxylation is 4. The molecular formula is C36H54O6. The first-order valence-electron chi connectivity index (χ1n) is 15.1. The zero-order valence-electron chi connectivity index (χ0n) is 28.1. The third kappa shape index (κ3) is 9.86. The van der Waals surface area contributed by atoms with Gasteiger partial charge in [0.25, 0.3) is 0 Å². The zero-order chi connectivity index (χ0) is 32.3. The summed E-state index contributed by atoms with van der Waals surface area (Å²) in [5.41, 5.74) is 3.24. The third-order valence-corrected chi connectivity index (χ3v) is 7.82. The van der Waals surface area contributed by atoms with Crippen LogP contribution < -0.4 is 0 Å². The second-order valence-electron chi connectivity index (χ2n) is 14.9. The number of ketones is 1. The number of carbonyl (C=O) groups is 2. The molecule has 0 atom stereocenters. The molecule has 2 rings (SSSR count). The first-order valence-corrected chi connectivity index (χ1v) is 15.1. The molecule has 0 aliphatic rings. The summed E-state index contributed by atoms with van der Waals surface area (Å²) in [6.07, 6.45) is 2.10. The highest BCUT2D eigenvalue weighted by molar-refractivity contribution is 5.86. The Hall–Kier alpha value is -2.86. The van der Waals surface area contributed by atoms with Gasteiger partial charge in [0, 0.05) is 19.3 Å². The first-order chi connectivity index (χ1) is 19.0. The summed E-state index contributed by atoms with van der Waals surface area (Å²) in [6, 6.07) is 7.82. The van der Waals surface area contributed by atoms with Crippen LogP contribution in [0.3, 0.4) is 0 Å². The van der Waals surface area contributed by atoms with E-state index in [0.29, 0.717) is 37.2 Å². The van der Waals surface area contributed by atoms with Crippen LogP contribution in [0.5, 0.6) is 11.5 Å². The van der Waals surface area contributed by atoms with Crippen molar-refractivity contribution in [1.29, 1.82) is 0 Å². The van der Waals surface area contributed by atoms with Crippen molar-refractivity contribution in [2.45, 2.75) is 137 Å². The van der Waals surface area contributed by atoms with Gasteiger partial charge < -0.3 is 19.7 Å². The Labute approximate surface area is 253 Å². The number of phenolic OH excluding ortho intramolecular Hbond substituents is 2. The van der Waals surface area contributed by atoms with E-state index >= 15 is 0 Å². The van der Waals surface area contributed by atoms with E-state index in [1.807, 2.05) is 52.0 Å². The minimum Gasteiger partial charge on any atom is -0.507 e. The van der Waals surface area contributed by atoms with E-state index in [1.165, 1.54) is 0 Å². The fourth-order valence-corrected chi connectivity index (χ4v) is 4.99. The highest BCUT2D eigenvalue weighted by Crippen LogP contribution is 2.35. The number of carbonyl (C=O) groups excluding carboxylic acids is 2. The molecule has 0 aliphatic carbocycles. The molecule has 2 aromatic carbocycles. The second kappa shape index (κ2) is 13.2. The molecule has 0 amide bonds. The summed E-state index contributed by atoms with van der Waals surface area (Å²) in [6.45, 7) is 23.6. The van der Waals surface area contributed by atoms with Crippen LogP contribution >= 0.6 is 0 Å². The third-order valence-electron chi connectivity index (χ3n) is 7.82. The molecule has 0 radical (unpaired) electrons. The van der Waals surface area contributed by atoms with Gasteiger partial charge in [0.05, 0.1) is 6.61 Å². The molecule has 0 unspecified atom stereocenters. The highest BCUT2D eigenvalue weighted by atomic mass is 16.6. The van der Waals surface area contributed by atoms with Gasteiger partial charge in [-0.2, -0.15) is 0 Å². The Morgan fingerprint density at radius 1 is 0.690 bits per heavy atom. The summed E-state index contributed by atoms with van der Waals surface area (Å²) >= 11 is 0. The van der Waals surface area contributed by atoms with Crippen molar-refractivity contribution < 1.29 is 29.3 Å². The van der Waals surface area contributed by atoms with Gasteiger partial charge in [-0.05, 0) is 98.6 Å². The number of hydrogen-bond donors (Lipinski definition) is 2. The topological polar surface area (TPSA) is 93.1 Å². The van der Waals surface area contributed by atoms with Gasteiger partial charge in [0.1, 0.15) is 22.7 Å². The summed E-state index contributed by atoms with van der Waals surface area (Å²) in [7, 11) is 0. The first kappa shape index (κ1) is 35.3. The Bertz CT molecular complexity index is 1270. The number of benzene rings is 2. The number of Topliss-reactive ketones (excluding diaryl/α,β-unsaturated/α-hetero) is 1. The average molecular weight is 583 g/mol. The quantitative estimate of drug-likeness (QED) is 0.247. The van der Waals surface area contributed by atoms with Crippen molar-refractivity contribution in [3.05, 3.63) is 57.6 Å². The monoisotopic (exact) mass is 582 g/mol. The maximum absolute atomic E-state index is 13.1. The lowest BCUT2D eigenvalue weighted by Crippen LogP contribution is -2.38. The van der Waals surface area contributed by atoms with Gasteiger partial charge in [-0.15, -0.1) is 0 Å². The molecule has 2 aromatic rings. The molecule has 0 bridgehead atoms. The summed E-state index contributed by atoms with van der Waals surface area (Å²) in [5, 5.41) is 21.0. The molecular weight excluding hydrogens is 528 g/mol. The smallest absolute Gasteiger partial charge is 0.306 e. The molecule has 2 N–H and O–H groups in total. The fraction of sp³-hybridized carbons (Fsp3) is 0.611. The van der Waals surface area contributed by atoms with Gasteiger partial charge in [-0.1, -0.05) is 65.8 Å². The van der Waals surface area contributed by atoms with E-state index in [-0.39, 0.29) is 35.6 Å². The van der Waals surface area contributed by atoms with Crippen molar-refractivity contribution in [3.8, 4) is 11.5 Å². The molecule has 0 saturated carbocycles. The van der Waals surface area contributed by atoms with Gasteiger partial charge >= 0.3 is 5.97 Å². The van der Waals surface area contributed by atoms with Gasteiger partial charge in [0.2, 0.25) is 0 Å². The minimum atomic E-state index is -0.972. The van der Waals surface area contributed by atoms with Crippen molar-refractivity contribution >= 4 is 11.8 Å². The average Bonchev–Trinajstić information content (AvgIpc) is 2.82. The number of ether oxygens (including phenoxy) is 2. The molecule has 234 valence electrons. The van der Waals surface area contributed by atoms with E-state index in [0.717, 1.165) is 33.4 Å². The normalized spacial score (nSPS) is 12.9. The van der Waals surface area contributed by atoms with Crippen LogP contribution in [0.15, 0.2) is 24.3 Å². The van der Waals surface area contributed by atoms with Crippen molar-refractivity contribution in [2.24, 2.45) is 0 Å². The maximum Gasteiger partial charge on any atom is 0.306 e. The summed E-state index contributed by atoms with van der Waals surface area (Å²) in [5.74, 6) is 0.326.